The molecule has 0 aliphatic carbocycles. The fourth-order valence-corrected chi connectivity index (χ4v) is 4.40. The minimum atomic E-state index is 0.801. The normalized spacial score (nSPS) is 10.6. The number of rotatable bonds is 11. The van der Waals surface area contributed by atoms with E-state index in [4.69, 9.17) is 9.98 Å². The van der Waals surface area contributed by atoms with Gasteiger partial charge in [-0.1, -0.05) is 82.8 Å². The van der Waals surface area contributed by atoms with Crippen LogP contribution in [0.1, 0.15) is 0 Å². The Bertz CT molecular complexity index is 1520. The van der Waals surface area contributed by atoms with Crippen molar-refractivity contribution >= 4 is 45.5 Å². The molecule has 2 N–H and O–H groups in total. The summed E-state index contributed by atoms with van der Waals surface area (Å²) in [6.07, 6.45) is 0. The van der Waals surface area contributed by atoms with Crippen LogP contribution in [0.15, 0.2) is 170 Å². The lowest BCUT2D eigenvalue weighted by Gasteiger charge is -2.27. The van der Waals surface area contributed by atoms with Gasteiger partial charge in [0.15, 0.2) is 0 Å². The summed E-state index contributed by atoms with van der Waals surface area (Å²) in [5, 5.41) is 10.2. The topological polar surface area (TPSA) is 49.0 Å². The van der Waals surface area contributed by atoms with Gasteiger partial charge in [0.25, 0.3) is 0 Å². The van der Waals surface area contributed by atoms with Crippen LogP contribution in [0.25, 0.3) is 0 Å². The first-order valence-corrected chi connectivity index (χ1v) is 13.7. The molecular formula is C36H30N4O2. The Morgan fingerprint density at radius 2 is 0.548 bits per heavy atom. The highest BCUT2D eigenvalue weighted by Crippen LogP contribution is 2.32. The fraction of sp³-hybridized carbons (Fsp3) is 0. The smallest absolute Gasteiger partial charge is 0.0728 e. The molecule has 0 aromatic heterocycles. The monoisotopic (exact) mass is 550 g/mol. The molecule has 0 heterocycles. The highest BCUT2D eigenvalue weighted by atomic mass is 17.3. The van der Waals surface area contributed by atoms with E-state index in [-0.39, 0.29) is 0 Å². The van der Waals surface area contributed by atoms with Gasteiger partial charge in [-0.3, -0.25) is 0 Å². The molecule has 0 aliphatic rings. The van der Waals surface area contributed by atoms with Crippen LogP contribution in [-0.2, 0) is 9.98 Å². The highest BCUT2D eigenvalue weighted by Gasteiger charge is 2.17. The molecule has 6 aromatic carbocycles. The lowest BCUT2D eigenvalue weighted by atomic mass is 10.2. The molecule has 0 bridgehead atoms. The minimum Gasteiger partial charge on any atom is -0.356 e. The predicted octanol–water partition coefficient (Wildman–Crippen LogP) is 9.93. The van der Waals surface area contributed by atoms with Crippen molar-refractivity contribution in [1.82, 2.24) is 0 Å². The van der Waals surface area contributed by atoms with Gasteiger partial charge < -0.3 is 10.6 Å². The van der Waals surface area contributed by atoms with E-state index >= 15 is 0 Å². The third-order valence-electron chi connectivity index (χ3n) is 6.49. The van der Waals surface area contributed by atoms with Crippen LogP contribution in [0.3, 0.4) is 0 Å². The largest absolute Gasteiger partial charge is 0.356 e. The zero-order valence-corrected chi connectivity index (χ0v) is 22.9. The average molecular weight is 551 g/mol. The van der Waals surface area contributed by atoms with Crippen molar-refractivity contribution in [2.24, 2.45) is 0 Å². The van der Waals surface area contributed by atoms with Gasteiger partial charge in [-0.05, 0) is 97.1 Å². The molecule has 0 spiro atoms. The minimum absolute atomic E-state index is 0.801. The van der Waals surface area contributed by atoms with Crippen molar-refractivity contribution in [3.8, 4) is 0 Å². The summed E-state index contributed by atoms with van der Waals surface area (Å²) >= 11 is 0. The van der Waals surface area contributed by atoms with E-state index in [1.807, 2.05) is 170 Å². The quantitative estimate of drug-likeness (QED) is 0.124. The maximum Gasteiger partial charge on any atom is 0.0728 e. The van der Waals surface area contributed by atoms with Gasteiger partial charge in [-0.25, -0.2) is 0 Å². The van der Waals surface area contributed by atoms with Gasteiger partial charge in [0.2, 0.25) is 0 Å². The van der Waals surface area contributed by atoms with Crippen molar-refractivity contribution < 1.29 is 9.98 Å². The van der Waals surface area contributed by atoms with Gasteiger partial charge >= 0.3 is 0 Å². The zero-order valence-electron chi connectivity index (χ0n) is 22.9. The molecular weight excluding hydrogens is 520 g/mol. The summed E-state index contributed by atoms with van der Waals surface area (Å²) in [6, 6.07) is 55.8. The molecule has 206 valence electrons. The first-order valence-electron chi connectivity index (χ1n) is 13.7. The second-order valence-electron chi connectivity index (χ2n) is 9.48. The Balaban J connectivity index is 1.24. The summed E-state index contributed by atoms with van der Waals surface area (Å²) in [5.41, 5.74) is 7.21. The van der Waals surface area contributed by atoms with Crippen LogP contribution in [0.2, 0.25) is 0 Å². The van der Waals surface area contributed by atoms with E-state index < -0.39 is 0 Å². The summed E-state index contributed by atoms with van der Waals surface area (Å²) in [5.74, 6) is 0. The van der Waals surface area contributed by atoms with Crippen LogP contribution >= 0.6 is 0 Å². The van der Waals surface area contributed by atoms with Crippen LogP contribution < -0.4 is 20.8 Å². The molecule has 0 saturated heterocycles. The third kappa shape index (κ3) is 6.77. The van der Waals surface area contributed by atoms with Gasteiger partial charge in [-0.15, -0.1) is 0 Å². The van der Waals surface area contributed by atoms with E-state index in [2.05, 4.69) is 10.6 Å². The van der Waals surface area contributed by atoms with E-state index in [9.17, 15) is 0 Å². The lowest BCUT2D eigenvalue weighted by molar-refractivity contribution is -0.297. The summed E-state index contributed by atoms with van der Waals surface area (Å²) in [4.78, 5) is 12.2. The summed E-state index contributed by atoms with van der Waals surface area (Å²) in [6.45, 7) is 0. The number of anilines is 8. The molecule has 6 heteroatoms. The van der Waals surface area contributed by atoms with Gasteiger partial charge in [-0.2, -0.15) is 10.1 Å². The van der Waals surface area contributed by atoms with Crippen molar-refractivity contribution in [2.45, 2.75) is 0 Å². The number of hydrogen-bond acceptors (Lipinski definition) is 6. The van der Waals surface area contributed by atoms with Crippen LogP contribution in [0.4, 0.5) is 45.5 Å². The number of para-hydroxylation sites is 4. The molecule has 0 saturated carbocycles. The SMILES string of the molecule is c1ccc(Nc2ccc(N(OON(c3ccccc3)c3ccc(Nc4ccccc4)cc3)c3ccccc3)cc2)cc1. The number of nitrogens with zero attached hydrogens (tertiary/aromatic N) is 2. The maximum atomic E-state index is 6.09. The van der Waals surface area contributed by atoms with Crippen LogP contribution in [-0.4, -0.2) is 0 Å². The fourth-order valence-electron chi connectivity index (χ4n) is 4.40. The molecule has 0 fully saturated rings. The zero-order chi connectivity index (χ0) is 28.4. The standard InChI is InChI=1S/C36H30N4O2/c1-5-13-29(14-6-1)37-31-21-25-35(26-22-31)39(33-17-9-3-10-18-33)41-42-40(34-19-11-4-12-20-34)36-27-23-32(24-28-36)38-30-15-7-2-8-16-30/h1-28,37-38H. The van der Waals surface area contributed by atoms with E-state index in [0.717, 1.165) is 45.5 Å². The number of benzene rings is 6. The van der Waals surface area contributed by atoms with Crippen molar-refractivity contribution in [3.63, 3.8) is 0 Å². The van der Waals surface area contributed by atoms with E-state index in [1.54, 1.807) is 10.1 Å². The molecule has 42 heavy (non-hydrogen) atoms. The molecule has 0 aliphatic heterocycles. The molecule has 0 radical (unpaired) electrons. The van der Waals surface area contributed by atoms with Crippen molar-refractivity contribution in [3.05, 3.63) is 170 Å². The molecule has 0 atom stereocenters. The Hall–Kier alpha value is -5.56. The molecule has 0 amide bonds. The Morgan fingerprint density at radius 1 is 0.286 bits per heavy atom. The van der Waals surface area contributed by atoms with E-state index in [1.165, 1.54) is 0 Å². The van der Waals surface area contributed by atoms with Crippen molar-refractivity contribution in [2.75, 3.05) is 20.8 Å². The van der Waals surface area contributed by atoms with Crippen LogP contribution in [0, 0.1) is 0 Å². The highest BCUT2D eigenvalue weighted by molar-refractivity contribution is 5.68. The first kappa shape index (κ1) is 26.7. The molecule has 6 rings (SSSR count). The Labute approximate surface area is 245 Å². The van der Waals surface area contributed by atoms with Crippen molar-refractivity contribution in [1.29, 1.82) is 0 Å². The summed E-state index contributed by atoms with van der Waals surface area (Å²) in [7, 11) is 0. The van der Waals surface area contributed by atoms with E-state index in [0.29, 0.717) is 0 Å². The Kier molecular flexibility index (Phi) is 8.37. The lowest BCUT2D eigenvalue weighted by Crippen LogP contribution is -2.25. The molecule has 6 nitrogen and oxygen atoms in total. The second-order valence-corrected chi connectivity index (χ2v) is 9.48. The molecule has 6 aromatic rings. The predicted molar refractivity (Wildman–Crippen MR) is 172 cm³/mol. The van der Waals surface area contributed by atoms with Gasteiger partial charge in [0.1, 0.15) is 0 Å². The molecule has 0 unspecified atom stereocenters. The average Bonchev–Trinajstić information content (AvgIpc) is 3.06. The van der Waals surface area contributed by atoms with Gasteiger partial charge in [0.05, 0.1) is 22.7 Å². The first-order chi connectivity index (χ1) is 20.8. The number of hydrogen-bond donors (Lipinski definition) is 2. The summed E-state index contributed by atoms with van der Waals surface area (Å²) < 4.78 is 0. The second kappa shape index (κ2) is 13.2. The maximum absolute atomic E-state index is 6.09. The number of nitrogens with one attached hydrogen (secondary N) is 2. The van der Waals surface area contributed by atoms with Gasteiger partial charge in [0, 0.05) is 22.7 Å². The third-order valence-corrected chi connectivity index (χ3v) is 6.49. The van der Waals surface area contributed by atoms with Crippen LogP contribution in [0.5, 0.6) is 0 Å². The Morgan fingerprint density at radius 3 is 0.881 bits per heavy atom.